The Bertz CT molecular complexity index is 211. The number of esters is 1. The third kappa shape index (κ3) is 4.02. The molecule has 1 aliphatic rings. The fourth-order valence-corrected chi connectivity index (χ4v) is 2.05. The van der Waals surface area contributed by atoms with Gasteiger partial charge >= 0.3 is 5.97 Å². The van der Waals surface area contributed by atoms with Crippen molar-refractivity contribution in [1.29, 1.82) is 0 Å². The fraction of sp³-hybridized carbons (Fsp3) is 0.833. The van der Waals surface area contributed by atoms with Gasteiger partial charge in [0.25, 0.3) is 0 Å². The lowest BCUT2D eigenvalue weighted by Crippen LogP contribution is -2.32. The van der Waals surface area contributed by atoms with Crippen LogP contribution in [-0.2, 0) is 14.3 Å². The van der Waals surface area contributed by atoms with E-state index in [4.69, 9.17) is 0 Å². The maximum Gasteiger partial charge on any atom is 0.309 e. The summed E-state index contributed by atoms with van der Waals surface area (Å²) in [6.45, 7) is 5.56. The third-order valence-electron chi connectivity index (χ3n) is 2.79. The Morgan fingerprint density at radius 1 is 1.07 bits per heavy atom. The fourth-order valence-electron chi connectivity index (χ4n) is 2.05. The molecule has 1 fully saturated rings. The van der Waals surface area contributed by atoms with Gasteiger partial charge in [0.1, 0.15) is 5.78 Å². The summed E-state index contributed by atoms with van der Waals surface area (Å²) in [4.78, 5) is 22.5. The van der Waals surface area contributed by atoms with Gasteiger partial charge < -0.3 is 4.74 Å². The van der Waals surface area contributed by atoms with Crippen molar-refractivity contribution in [3.63, 3.8) is 0 Å². The quantitative estimate of drug-likeness (QED) is 0.663. The Morgan fingerprint density at radius 2 is 1.53 bits per heavy atom. The summed E-state index contributed by atoms with van der Waals surface area (Å²) in [7, 11) is 1.38. The monoisotopic (exact) mass is 214 g/mol. The van der Waals surface area contributed by atoms with Gasteiger partial charge in [0.15, 0.2) is 0 Å². The van der Waals surface area contributed by atoms with Gasteiger partial charge in [-0.25, -0.2) is 0 Å². The SMILES string of the molecule is CC.COC(=O)C1CCCCC1C(C)=O. The average Bonchev–Trinajstić information content (AvgIpc) is 2.30. The van der Waals surface area contributed by atoms with Gasteiger partial charge in [0.2, 0.25) is 0 Å². The first-order valence-electron chi connectivity index (χ1n) is 5.75. The maximum absolute atomic E-state index is 11.3. The van der Waals surface area contributed by atoms with Crippen LogP contribution in [0.5, 0.6) is 0 Å². The van der Waals surface area contributed by atoms with Crippen LogP contribution >= 0.6 is 0 Å². The van der Waals surface area contributed by atoms with E-state index in [1.54, 1.807) is 6.92 Å². The van der Waals surface area contributed by atoms with E-state index in [1.807, 2.05) is 13.8 Å². The zero-order valence-corrected chi connectivity index (χ0v) is 10.2. The van der Waals surface area contributed by atoms with E-state index in [0.717, 1.165) is 25.7 Å². The van der Waals surface area contributed by atoms with Crippen LogP contribution in [0.15, 0.2) is 0 Å². The van der Waals surface area contributed by atoms with Crippen LogP contribution in [0.2, 0.25) is 0 Å². The van der Waals surface area contributed by atoms with E-state index < -0.39 is 0 Å². The van der Waals surface area contributed by atoms with Crippen LogP contribution in [0.25, 0.3) is 0 Å². The minimum atomic E-state index is -0.222. The smallest absolute Gasteiger partial charge is 0.309 e. The van der Waals surface area contributed by atoms with Gasteiger partial charge in [-0.2, -0.15) is 0 Å². The van der Waals surface area contributed by atoms with Crippen molar-refractivity contribution in [2.24, 2.45) is 11.8 Å². The Labute approximate surface area is 92.2 Å². The lowest BCUT2D eigenvalue weighted by molar-refractivity contribution is -0.151. The molecule has 15 heavy (non-hydrogen) atoms. The molecule has 0 N–H and O–H groups in total. The molecule has 1 aliphatic carbocycles. The Hall–Kier alpha value is -0.860. The number of ketones is 1. The summed E-state index contributed by atoms with van der Waals surface area (Å²) in [5, 5.41) is 0. The van der Waals surface area contributed by atoms with E-state index in [1.165, 1.54) is 7.11 Å². The van der Waals surface area contributed by atoms with E-state index in [0.29, 0.717) is 0 Å². The molecule has 0 aromatic rings. The molecule has 0 bridgehead atoms. The molecule has 3 nitrogen and oxygen atoms in total. The Kier molecular flexibility index (Phi) is 7.01. The van der Waals surface area contributed by atoms with Gasteiger partial charge in [-0.05, 0) is 19.8 Å². The first-order chi connectivity index (χ1) is 7.16. The van der Waals surface area contributed by atoms with Crippen LogP contribution in [0.1, 0.15) is 46.5 Å². The van der Waals surface area contributed by atoms with Crippen LogP contribution in [0, 0.1) is 11.8 Å². The summed E-state index contributed by atoms with van der Waals surface area (Å²) < 4.78 is 4.68. The second-order valence-corrected chi connectivity index (χ2v) is 3.63. The highest BCUT2D eigenvalue weighted by Crippen LogP contribution is 2.31. The molecule has 0 aromatic heterocycles. The highest BCUT2D eigenvalue weighted by atomic mass is 16.5. The van der Waals surface area contributed by atoms with Gasteiger partial charge in [0.05, 0.1) is 13.0 Å². The van der Waals surface area contributed by atoms with Crippen molar-refractivity contribution in [3.05, 3.63) is 0 Å². The lowest BCUT2D eigenvalue weighted by Gasteiger charge is -2.27. The minimum absolute atomic E-state index is 0.0961. The first-order valence-corrected chi connectivity index (χ1v) is 5.75. The number of carbonyl (C=O) groups is 2. The van der Waals surface area contributed by atoms with Gasteiger partial charge in [0, 0.05) is 5.92 Å². The van der Waals surface area contributed by atoms with Crippen molar-refractivity contribution in [2.45, 2.75) is 46.5 Å². The maximum atomic E-state index is 11.3. The average molecular weight is 214 g/mol. The topological polar surface area (TPSA) is 43.4 Å². The van der Waals surface area contributed by atoms with Crippen LogP contribution in [-0.4, -0.2) is 18.9 Å². The first kappa shape index (κ1) is 14.1. The molecular formula is C12H22O3. The van der Waals surface area contributed by atoms with Crippen LogP contribution in [0.4, 0.5) is 0 Å². The van der Waals surface area contributed by atoms with E-state index >= 15 is 0 Å². The zero-order chi connectivity index (χ0) is 11.8. The Morgan fingerprint density at radius 3 is 1.93 bits per heavy atom. The molecular weight excluding hydrogens is 192 g/mol. The summed E-state index contributed by atoms with van der Waals surface area (Å²) in [6, 6.07) is 0. The minimum Gasteiger partial charge on any atom is -0.469 e. The zero-order valence-electron chi connectivity index (χ0n) is 10.2. The van der Waals surface area contributed by atoms with Gasteiger partial charge in [-0.3, -0.25) is 9.59 Å². The molecule has 0 saturated heterocycles. The number of methoxy groups -OCH3 is 1. The number of rotatable bonds is 2. The van der Waals surface area contributed by atoms with Crippen molar-refractivity contribution in [1.82, 2.24) is 0 Å². The molecule has 0 aliphatic heterocycles. The molecule has 0 heterocycles. The highest BCUT2D eigenvalue weighted by Gasteiger charge is 2.34. The summed E-state index contributed by atoms with van der Waals surface area (Å²) in [5.41, 5.74) is 0. The van der Waals surface area contributed by atoms with Crippen molar-refractivity contribution < 1.29 is 14.3 Å². The van der Waals surface area contributed by atoms with Crippen LogP contribution in [0.3, 0.4) is 0 Å². The van der Waals surface area contributed by atoms with Gasteiger partial charge in [-0.15, -0.1) is 0 Å². The molecule has 0 aromatic carbocycles. The lowest BCUT2D eigenvalue weighted by atomic mass is 9.77. The third-order valence-corrected chi connectivity index (χ3v) is 2.79. The molecule has 0 radical (unpaired) electrons. The standard InChI is InChI=1S/C10H16O3.C2H6/c1-7(11)8-5-3-4-6-9(8)10(12)13-2;1-2/h8-9H,3-6H2,1-2H3;1-2H3. The highest BCUT2D eigenvalue weighted by molar-refractivity contribution is 5.85. The van der Waals surface area contributed by atoms with Crippen molar-refractivity contribution in [2.75, 3.05) is 7.11 Å². The molecule has 2 unspecified atom stereocenters. The summed E-state index contributed by atoms with van der Waals surface area (Å²) in [6.07, 6.45) is 3.73. The normalized spacial score (nSPS) is 24.8. The van der Waals surface area contributed by atoms with E-state index in [9.17, 15) is 9.59 Å². The number of hydrogen-bond donors (Lipinski definition) is 0. The van der Waals surface area contributed by atoms with E-state index in [2.05, 4.69) is 4.74 Å². The molecule has 1 rings (SSSR count). The molecule has 3 heteroatoms. The largest absolute Gasteiger partial charge is 0.469 e. The second-order valence-electron chi connectivity index (χ2n) is 3.63. The number of ether oxygens (including phenoxy) is 1. The molecule has 0 spiro atoms. The van der Waals surface area contributed by atoms with Crippen molar-refractivity contribution >= 4 is 11.8 Å². The van der Waals surface area contributed by atoms with Gasteiger partial charge in [-0.1, -0.05) is 26.7 Å². The number of hydrogen-bond acceptors (Lipinski definition) is 3. The van der Waals surface area contributed by atoms with E-state index in [-0.39, 0.29) is 23.6 Å². The number of carbonyl (C=O) groups excluding carboxylic acids is 2. The number of Topliss-reactive ketones (excluding diaryl/α,β-unsaturated/α-hetero) is 1. The molecule has 0 amide bonds. The Balaban J connectivity index is 0.000000921. The summed E-state index contributed by atoms with van der Waals surface area (Å²) >= 11 is 0. The molecule has 1 saturated carbocycles. The van der Waals surface area contributed by atoms with Crippen LogP contribution < -0.4 is 0 Å². The predicted octanol–water partition coefficient (Wildman–Crippen LogP) is 2.58. The molecule has 88 valence electrons. The molecule has 2 atom stereocenters. The summed E-state index contributed by atoms with van der Waals surface area (Å²) in [5.74, 6) is -0.382. The van der Waals surface area contributed by atoms with Crippen molar-refractivity contribution in [3.8, 4) is 0 Å². The second kappa shape index (κ2) is 7.43. The predicted molar refractivity (Wildman–Crippen MR) is 59.5 cm³/mol.